The van der Waals surface area contributed by atoms with Crippen molar-refractivity contribution in [2.75, 3.05) is 13.6 Å². The Morgan fingerprint density at radius 1 is 1.14 bits per heavy atom. The fraction of sp³-hybridized carbons (Fsp3) is 0.333. The Kier molecular flexibility index (Phi) is 3.46. The topological polar surface area (TPSA) is 23.5 Å². The van der Waals surface area contributed by atoms with Gasteiger partial charge in [-0.1, -0.05) is 30.3 Å². The SMILES string of the molecule is Cc1ccc2c(c1O)-c1cccc3c1[C@@H](C2)N(C)CC3.Cl. The molecule has 0 bridgehead atoms. The van der Waals surface area contributed by atoms with Gasteiger partial charge in [0, 0.05) is 18.2 Å². The summed E-state index contributed by atoms with van der Waals surface area (Å²) in [6.07, 6.45) is 2.11. The zero-order chi connectivity index (χ0) is 13.9. The van der Waals surface area contributed by atoms with Gasteiger partial charge in [0.05, 0.1) is 0 Å². The standard InChI is InChI=1S/C18H19NO.ClH/c1-11-6-7-13-10-15-16-12(8-9-19(15)2)4-3-5-14(16)17(13)18(11)20;/h3-7,15,20H,8-10H2,1-2H3;1H/t15-;/m1./s1. The summed E-state index contributed by atoms with van der Waals surface area (Å²) in [5, 5.41) is 10.5. The molecule has 0 spiro atoms. The number of aromatic hydroxyl groups is 1. The van der Waals surface area contributed by atoms with Gasteiger partial charge in [-0.3, -0.25) is 4.90 Å². The van der Waals surface area contributed by atoms with Crippen LogP contribution in [0.1, 0.15) is 28.3 Å². The predicted molar refractivity (Wildman–Crippen MR) is 88.3 cm³/mol. The summed E-state index contributed by atoms with van der Waals surface area (Å²) < 4.78 is 0. The first kappa shape index (κ1) is 14.4. The van der Waals surface area contributed by atoms with E-state index < -0.39 is 0 Å². The largest absolute Gasteiger partial charge is 0.507 e. The first-order valence-electron chi connectivity index (χ1n) is 7.30. The monoisotopic (exact) mass is 301 g/mol. The van der Waals surface area contributed by atoms with Gasteiger partial charge in [-0.15, -0.1) is 12.4 Å². The summed E-state index contributed by atoms with van der Waals surface area (Å²) in [6.45, 7) is 3.09. The molecule has 2 aromatic rings. The number of phenols is 1. The minimum absolute atomic E-state index is 0. The number of rotatable bonds is 0. The van der Waals surface area contributed by atoms with E-state index in [0.29, 0.717) is 11.8 Å². The third-order valence-corrected chi connectivity index (χ3v) is 4.94. The molecule has 2 aromatic carbocycles. The number of hydrogen-bond acceptors (Lipinski definition) is 2. The average molecular weight is 302 g/mol. The summed E-state index contributed by atoms with van der Waals surface area (Å²) in [5.41, 5.74) is 7.43. The van der Waals surface area contributed by atoms with Crippen molar-refractivity contribution in [2.24, 2.45) is 0 Å². The first-order chi connectivity index (χ1) is 9.66. The van der Waals surface area contributed by atoms with Gasteiger partial charge in [0.15, 0.2) is 0 Å². The molecular formula is C18H20ClNO. The Labute approximate surface area is 131 Å². The smallest absolute Gasteiger partial charge is 0.126 e. The van der Waals surface area contributed by atoms with Crippen LogP contribution in [0.25, 0.3) is 11.1 Å². The molecular weight excluding hydrogens is 282 g/mol. The number of benzene rings is 2. The van der Waals surface area contributed by atoms with Crippen LogP contribution in [0.2, 0.25) is 0 Å². The molecule has 1 N–H and O–H groups in total. The van der Waals surface area contributed by atoms with Crippen LogP contribution >= 0.6 is 12.4 Å². The molecule has 1 heterocycles. The Morgan fingerprint density at radius 3 is 2.76 bits per heavy atom. The van der Waals surface area contributed by atoms with Crippen molar-refractivity contribution in [3.05, 3.63) is 52.6 Å². The second-order valence-corrected chi connectivity index (χ2v) is 6.09. The quantitative estimate of drug-likeness (QED) is 0.798. The lowest BCUT2D eigenvalue weighted by molar-refractivity contribution is 0.228. The van der Waals surface area contributed by atoms with Crippen molar-refractivity contribution in [2.45, 2.75) is 25.8 Å². The second kappa shape index (κ2) is 5.04. The van der Waals surface area contributed by atoms with E-state index >= 15 is 0 Å². The number of hydrogen-bond donors (Lipinski definition) is 1. The number of halogens is 1. The Bertz CT molecular complexity index is 711. The first-order valence-corrected chi connectivity index (χ1v) is 7.30. The van der Waals surface area contributed by atoms with Gasteiger partial charge in [0.2, 0.25) is 0 Å². The van der Waals surface area contributed by atoms with Crippen LogP contribution in [0, 0.1) is 6.92 Å². The molecule has 2 nitrogen and oxygen atoms in total. The van der Waals surface area contributed by atoms with Crippen molar-refractivity contribution >= 4 is 12.4 Å². The van der Waals surface area contributed by atoms with Crippen molar-refractivity contribution in [3.8, 4) is 16.9 Å². The number of fused-ring (bicyclic) bond motifs is 2. The van der Waals surface area contributed by atoms with E-state index in [-0.39, 0.29) is 12.4 Å². The van der Waals surface area contributed by atoms with Crippen LogP contribution in [0.3, 0.4) is 0 Å². The molecule has 0 saturated carbocycles. The van der Waals surface area contributed by atoms with Gasteiger partial charge in [-0.05, 0) is 54.6 Å². The van der Waals surface area contributed by atoms with Gasteiger partial charge in [-0.2, -0.15) is 0 Å². The predicted octanol–water partition coefficient (Wildman–Crippen LogP) is 3.87. The maximum absolute atomic E-state index is 10.5. The van der Waals surface area contributed by atoms with Crippen molar-refractivity contribution in [1.82, 2.24) is 4.90 Å². The van der Waals surface area contributed by atoms with Crippen molar-refractivity contribution in [1.29, 1.82) is 0 Å². The van der Waals surface area contributed by atoms with E-state index in [1.54, 1.807) is 0 Å². The fourth-order valence-electron chi connectivity index (χ4n) is 3.79. The van der Waals surface area contributed by atoms with Crippen LogP contribution in [0.5, 0.6) is 5.75 Å². The number of aryl methyl sites for hydroxylation is 1. The molecule has 3 heteroatoms. The lowest BCUT2D eigenvalue weighted by Gasteiger charge is -2.40. The normalized spacial score (nSPS) is 19.4. The number of nitrogens with zero attached hydrogens (tertiary/aromatic N) is 1. The molecule has 21 heavy (non-hydrogen) atoms. The van der Waals surface area contributed by atoms with Gasteiger partial charge in [-0.25, -0.2) is 0 Å². The van der Waals surface area contributed by atoms with Gasteiger partial charge in [0.25, 0.3) is 0 Å². The van der Waals surface area contributed by atoms with E-state index in [4.69, 9.17) is 0 Å². The molecule has 1 aliphatic carbocycles. The molecule has 2 aliphatic rings. The highest BCUT2D eigenvalue weighted by atomic mass is 35.5. The summed E-state index contributed by atoms with van der Waals surface area (Å²) in [5.74, 6) is 0.461. The molecule has 1 aliphatic heterocycles. The Morgan fingerprint density at radius 2 is 1.95 bits per heavy atom. The molecule has 0 radical (unpaired) electrons. The maximum atomic E-state index is 10.5. The molecule has 0 unspecified atom stereocenters. The van der Waals surface area contributed by atoms with Gasteiger partial charge >= 0.3 is 0 Å². The van der Waals surface area contributed by atoms with Crippen molar-refractivity contribution < 1.29 is 5.11 Å². The lowest BCUT2D eigenvalue weighted by Crippen LogP contribution is -2.35. The molecule has 0 saturated heterocycles. The molecule has 0 fully saturated rings. The maximum Gasteiger partial charge on any atom is 0.126 e. The number of likely N-dealkylation sites (N-methyl/N-ethyl adjacent to an activating group) is 1. The minimum atomic E-state index is 0. The molecule has 0 amide bonds. The molecule has 4 rings (SSSR count). The zero-order valence-electron chi connectivity index (χ0n) is 12.4. The summed E-state index contributed by atoms with van der Waals surface area (Å²) in [7, 11) is 2.21. The highest BCUT2D eigenvalue weighted by Crippen LogP contribution is 2.48. The van der Waals surface area contributed by atoms with Crippen molar-refractivity contribution in [3.63, 3.8) is 0 Å². The number of phenolic OH excluding ortho intramolecular Hbond substituents is 1. The Hall–Kier alpha value is -1.51. The van der Waals surface area contributed by atoms with Crippen LogP contribution < -0.4 is 0 Å². The molecule has 1 atom stereocenters. The van der Waals surface area contributed by atoms with Gasteiger partial charge < -0.3 is 5.11 Å². The molecule has 110 valence electrons. The van der Waals surface area contributed by atoms with Crippen LogP contribution in [-0.4, -0.2) is 23.6 Å². The third-order valence-electron chi connectivity index (χ3n) is 4.94. The van der Waals surface area contributed by atoms with Crippen LogP contribution in [0.4, 0.5) is 0 Å². The highest BCUT2D eigenvalue weighted by molar-refractivity contribution is 5.85. The lowest BCUT2D eigenvalue weighted by atomic mass is 9.76. The highest BCUT2D eigenvalue weighted by Gasteiger charge is 2.33. The Balaban J connectivity index is 0.00000132. The van der Waals surface area contributed by atoms with E-state index in [1.165, 1.54) is 22.3 Å². The van der Waals surface area contributed by atoms with E-state index in [2.05, 4.69) is 36.2 Å². The molecule has 0 aromatic heterocycles. The second-order valence-electron chi connectivity index (χ2n) is 6.09. The van der Waals surface area contributed by atoms with E-state index in [9.17, 15) is 5.11 Å². The average Bonchev–Trinajstić information content (AvgIpc) is 2.46. The third kappa shape index (κ3) is 1.97. The zero-order valence-corrected chi connectivity index (χ0v) is 13.2. The fourth-order valence-corrected chi connectivity index (χ4v) is 3.79. The van der Waals surface area contributed by atoms with Crippen LogP contribution in [0.15, 0.2) is 30.3 Å². The van der Waals surface area contributed by atoms with E-state index in [1.807, 2.05) is 13.0 Å². The summed E-state index contributed by atoms with van der Waals surface area (Å²) >= 11 is 0. The van der Waals surface area contributed by atoms with E-state index in [0.717, 1.165) is 30.5 Å². The van der Waals surface area contributed by atoms with Crippen LogP contribution in [-0.2, 0) is 12.8 Å². The minimum Gasteiger partial charge on any atom is -0.507 e. The summed E-state index contributed by atoms with van der Waals surface area (Å²) in [6, 6.07) is 11.2. The van der Waals surface area contributed by atoms with Gasteiger partial charge in [0.1, 0.15) is 5.75 Å². The summed E-state index contributed by atoms with van der Waals surface area (Å²) in [4.78, 5) is 2.45.